The topological polar surface area (TPSA) is 55.3 Å². The van der Waals surface area contributed by atoms with Crippen LogP contribution in [0.5, 0.6) is 0 Å². The maximum absolute atomic E-state index is 13.4. The number of benzene rings is 2. The number of rotatable bonds is 6. The fraction of sp³-hybridized carbons (Fsp3) is 0.190. The lowest BCUT2D eigenvalue weighted by Gasteiger charge is -2.18. The molecular weight excluding hydrogens is 426 g/mol. The summed E-state index contributed by atoms with van der Waals surface area (Å²) in [6.07, 6.45) is 0. The van der Waals surface area contributed by atoms with E-state index in [1.807, 2.05) is 55.5 Å². The minimum absolute atomic E-state index is 0.121. The van der Waals surface area contributed by atoms with Crippen LogP contribution in [0.1, 0.15) is 15.4 Å². The lowest BCUT2D eigenvalue weighted by molar-refractivity contribution is 0.0979. The Morgan fingerprint density at radius 1 is 1.14 bits per heavy atom. The van der Waals surface area contributed by atoms with Crippen LogP contribution < -0.4 is 4.90 Å². The summed E-state index contributed by atoms with van der Waals surface area (Å²) in [6.45, 7) is 2.68. The number of halogens is 1. The molecule has 2 aromatic heterocycles. The number of ether oxygens (including phenoxy) is 1. The van der Waals surface area contributed by atoms with Gasteiger partial charge in [0.2, 0.25) is 0 Å². The fourth-order valence-corrected chi connectivity index (χ4v) is 5.10. The molecule has 2 heterocycles. The largest absolute Gasteiger partial charge is 0.383 e. The zero-order valence-electron chi connectivity index (χ0n) is 15.9. The summed E-state index contributed by atoms with van der Waals surface area (Å²) in [4.78, 5) is 25.0. The second-order valence-electron chi connectivity index (χ2n) is 6.36. The van der Waals surface area contributed by atoms with Crippen molar-refractivity contribution in [2.24, 2.45) is 0 Å². The normalized spacial score (nSPS) is 11.1. The number of para-hydroxylation sites is 1. The Hall–Kier alpha value is -2.32. The molecule has 0 atom stereocenters. The first-order valence-electron chi connectivity index (χ1n) is 8.96. The number of aryl methyl sites for hydroxylation is 1. The van der Waals surface area contributed by atoms with Gasteiger partial charge in [0.25, 0.3) is 5.91 Å². The first kappa shape index (κ1) is 20.0. The summed E-state index contributed by atoms with van der Waals surface area (Å²) >= 11 is 8.97. The number of nitrogens with zero attached hydrogens (tertiary/aromatic N) is 3. The van der Waals surface area contributed by atoms with Crippen molar-refractivity contribution >= 4 is 55.5 Å². The van der Waals surface area contributed by atoms with Gasteiger partial charge in [-0.05, 0) is 31.2 Å². The molecule has 4 aromatic rings. The van der Waals surface area contributed by atoms with Gasteiger partial charge in [0.15, 0.2) is 5.13 Å². The summed E-state index contributed by atoms with van der Waals surface area (Å²) in [5.41, 5.74) is 2.47. The van der Waals surface area contributed by atoms with Crippen molar-refractivity contribution in [1.82, 2.24) is 9.97 Å². The van der Waals surface area contributed by atoms with Crippen molar-refractivity contribution in [3.8, 4) is 10.6 Å². The number of anilines is 1. The van der Waals surface area contributed by atoms with Gasteiger partial charge < -0.3 is 4.74 Å². The summed E-state index contributed by atoms with van der Waals surface area (Å²) in [5.74, 6) is -0.121. The van der Waals surface area contributed by atoms with Crippen molar-refractivity contribution in [1.29, 1.82) is 0 Å². The third-order valence-electron chi connectivity index (χ3n) is 4.34. The summed E-state index contributed by atoms with van der Waals surface area (Å²) in [7, 11) is 1.62. The third kappa shape index (κ3) is 4.18. The quantitative estimate of drug-likeness (QED) is 0.385. The molecule has 2 aromatic carbocycles. The molecule has 8 heteroatoms. The van der Waals surface area contributed by atoms with Gasteiger partial charge in [0.05, 0.1) is 29.1 Å². The molecule has 148 valence electrons. The highest BCUT2D eigenvalue weighted by Crippen LogP contribution is 2.33. The molecule has 0 radical (unpaired) electrons. The van der Waals surface area contributed by atoms with Crippen molar-refractivity contribution in [3.05, 3.63) is 64.1 Å². The highest BCUT2D eigenvalue weighted by molar-refractivity contribution is 7.22. The van der Waals surface area contributed by atoms with Gasteiger partial charge in [0, 0.05) is 17.7 Å². The van der Waals surface area contributed by atoms with Crippen LogP contribution in [0.25, 0.3) is 20.8 Å². The maximum atomic E-state index is 13.4. The Bertz CT molecular complexity index is 1140. The van der Waals surface area contributed by atoms with Crippen molar-refractivity contribution in [2.75, 3.05) is 25.2 Å². The van der Waals surface area contributed by atoms with Crippen LogP contribution >= 0.6 is 34.3 Å². The Balaban J connectivity index is 1.71. The number of aromatic nitrogens is 2. The minimum atomic E-state index is -0.121. The molecule has 1 amide bonds. The third-order valence-corrected chi connectivity index (χ3v) is 6.83. The second kappa shape index (κ2) is 8.59. The Labute approximate surface area is 181 Å². The standard InChI is InChI=1S/C21H18ClN3O2S2/c1-13-18(29-19(23-13)14-6-5-7-15(22)12-14)20(26)25(10-11-27-2)21-24-16-8-3-4-9-17(16)28-21/h3-9,12H,10-11H2,1-2H3. The van der Waals surface area contributed by atoms with Gasteiger partial charge in [-0.3, -0.25) is 9.69 Å². The molecule has 0 bridgehead atoms. The zero-order valence-corrected chi connectivity index (χ0v) is 18.3. The first-order valence-corrected chi connectivity index (χ1v) is 11.0. The number of hydrogen-bond acceptors (Lipinski definition) is 6. The average Bonchev–Trinajstić information content (AvgIpc) is 3.31. The predicted molar refractivity (Wildman–Crippen MR) is 120 cm³/mol. The van der Waals surface area contributed by atoms with Crippen LogP contribution in [0.15, 0.2) is 48.5 Å². The van der Waals surface area contributed by atoms with Crippen molar-refractivity contribution in [2.45, 2.75) is 6.92 Å². The molecule has 0 aliphatic carbocycles. The van der Waals surface area contributed by atoms with Crippen molar-refractivity contribution in [3.63, 3.8) is 0 Å². The monoisotopic (exact) mass is 443 g/mol. The van der Waals surface area contributed by atoms with Gasteiger partial charge in [-0.15, -0.1) is 11.3 Å². The van der Waals surface area contributed by atoms with E-state index >= 15 is 0 Å². The van der Waals surface area contributed by atoms with E-state index in [2.05, 4.69) is 9.97 Å². The molecule has 0 spiro atoms. The zero-order chi connectivity index (χ0) is 20.4. The Kier molecular flexibility index (Phi) is 5.91. The summed E-state index contributed by atoms with van der Waals surface area (Å²) in [6, 6.07) is 15.3. The summed E-state index contributed by atoms with van der Waals surface area (Å²) in [5, 5.41) is 2.06. The predicted octanol–water partition coefficient (Wildman–Crippen LogP) is 5.67. The lowest BCUT2D eigenvalue weighted by atomic mass is 10.2. The minimum Gasteiger partial charge on any atom is -0.383 e. The van der Waals surface area contributed by atoms with E-state index in [4.69, 9.17) is 16.3 Å². The average molecular weight is 444 g/mol. The molecule has 0 unspecified atom stereocenters. The van der Waals surface area contributed by atoms with Gasteiger partial charge >= 0.3 is 0 Å². The number of thiazole rings is 2. The molecule has 0 aliphatic heterocycles. The van der Waals surface area contributed by atoms with E-state index in [0.717, 1.165) is 20.8 Å². The molecule has 4 rings (SSSR count). The lowest BCUT2D eigenvalue weighted by Crippen LogP contribution is -2.33. The van der Waals surface area contributed by atoms with Crippen LogP contribution in [0.2, 0.25) is 5.02 Å². The van der Waals surface area contributed by atoms with Crippen LogP contribution in [-0.4, -0.2) is 36.1 Å². The van der Waals surface area contributed by atoms with Crippen LogP contribution in [-0.2, 0) is 4.74 Å². The van der Waals surface area contributed by atoms with E-state index in [9.17, 15) is 4.79 Å². The molecule has 29 heavy (non-hydrogen) atoms. The van der Waals surface area contributed by atoms with Crippen LogP contribution in [0.4, 0.5) is 5.13 Å². The molecule has 0 fully saturated rings. The molecular formula is C21H18ClN3O2S2. The highest BCUT2D eigenvalue weighted by Gasteiger charge is 2.25. The Morgan fingerprint density at radius 3 is 2.72 bits per heavy atom. The number of methoxy groups -OCH3 is 1. The highest BCUT2D eigenvalue weighted by atomic mass is 35.5. The van der Waals surface area contributed by atoms with E-state index in [1.165, 1.54) is 22.7 Å². The number of carbonyl (C=O) groups excluding carboxylic acids is 1. The van der Waals surface area contributed by atoms with E-state index in [-0.39, 0.29) is 5.91 Å². The van der Waals surface area contributed by atoms with Gasteiger partial charge in [0.1, 0.15) is 9.88 Å². The van der Waals surface area contributed by atoms with Crippen LogP contribution in [0, 0.1) is 6.92 Å². The maximum Gasteiger partial charge on any atom is 0.272 e. The van der Waals surface area contributed by atoms with Crippen LogP contribution in [0.3, 0.4) is 0 Å². The molecule has 0 aliphatic rings. The molecule has 0 saturated heterocycles. The molecule has 5 nitrogen and oxygen atoms in total. The second-order valence-corrected chi connectivity index (χ2v) is 8.80. The van der Waals surface area contributed by atoms with Gasteiger partial charge in [-0.2, -0.15) is 0 Å². The fourth-order valence-electron chi connectivity index (χ4n) is 2.90. The van der Waals surface area contributed by atoms with Crippen molar-refractivity contribution < 1.29 is 9.53 Å². The number of carbonyl (C=O) groups is 1. The molecule has 0 N–H and O–H groups in total. The van der Waals surface area contributed by atoms with Gasteiger partial charge in [-0.1, -0.05) is 47.2 Å². The first-order chi connectivity index (χ1) is 14.1. The van der Waals surface area contributed by atoms with Gasteiger partial charge in [-0.25, -0.2) is 9.97 Å². The summed E-state index contributed by atoms with van der Waals surface area (Å²) < 4.78 is 6.27. The number of fused-ring (bicyclic) bond motifs is 1. The smallest absolute Gasteiger partial charge is 0.272 e. The molecule has 0 saturated carbocycles. The van der Waals surface area contributed by atoms with E-state index < -0.39 is 0 Å². The Morgan fingerprint density at radius 2 is 1.97 bits per heavy atom. The number of hydrogen-bond donors (Lipinski definition) is 0. The SMILES string of the molecule is COCCN(C(=O)c1sc(-c2cccc(Cl)c2)nc1C)c1nc2ccccc2s1. The van der Waals surface area contributed by atoms with E-state index in [0.29, 0.717) is 33.9 Å². The number of amides is 1. The van der Waals surface area contributed by atoms with E-state index in [1.54, 1.807) is 12.0 Å².